The van der Waals surface area contributed by atoms with Crippen molar-refractivity contribution < 1.29 is 15.0 Å². The van der Waals surface area contributed by atoms with Crippen molar-refractivity contribution in [2.45, 2.75) is 78.1 Å². The molecule has 0 amide bonds. The lowest BCUT2D eigenvalue weighted by atomic mass is 10.1. The van der Waals surface area contributed by atoms with Crippen molar-refractivity contribution in [1.29, 1.82) is 0 Å². The van der Waals surface area contributed by atoms with E-state index in [1.165, 1.54) is 51.4 Å². The van der Waals surface area contributed by atoms with E-state index in [9.17, 15) is 0 Å². The third kappa shape index (κ3) is 32.4. The molecule has 124 valence electrons. The number of aliphatic carboxylic acids is 1. The lowest BCUT2D eigenvalue weighted by Crippen LogP contribution is -1.81. The van der Waals surface area contributed by atoms with E-state index in [2.05, 4.69) is 31.2 Å². The van der Waals surface area contributed by atoms with Gasteiger partial charge in [0.1, 0.15) is 0 Å². The van der Waals surface area contributed by atoms with E-state index in [1.54, 1.807) is 0 Å². The Bertz CT molecular complexity index is 253. The number of aliphatic hydroxyl groups excluding tert-OH is 1. The van der Waals surface area contributed by atoms with Gasteiger partial charge in [-0.2, -0.15) is 0 Å². The smallest absolute Gasteiger partial charge is 0.300 e. The Hall–Kier alpha value is -1.09. The van der Waals surface area contributed by atoms with Gasteiger partial charge in [0.15, 0.2) is 0 Å². The second-order valence-electron chi connectivity index (χ2n) is 5.11. The van der Waals surface area contributed by atoms with Gasteiger partial charge in [-0.05, 0) is 44.9 Å². The Labute approximate surface area is 130 Å². The van der Waals surface area contributed by atoms with E-state index in [1.807, 2.05) is 0 Å². The Morgan fingerprint density at radius 2 is 1.24 bits per heavy atom. The Kier molecular flexibility index (Phi) is 22.4. The molecule has 0 aromatic rings. The molecular formula is C18H34O3. The first-order valence-corrected chi connectivity index (χ1v) is 8.25. The summed E-state index contributed by atoms with van der Waals surface area (Å²) in [5.41, 5.74) is 0. The van der Waals surface area contributed by atoms with Crippen LogP contribution in [0, 0.1) is 0 Å². The van der Waals surface area contributed by atoms with Gasteiger partial charge in [0.25, 0.3) is 5.97 Å². The fraction of sp³-hybridized carbons (Fsp3) is 0.722. The maximum absolute atomic E-state index is 9.00. The molecule has 0 rings (SSSR count). The molecule has 0 heterocycles. The van der Waals surface area contributed by atoms with Crippen molar-refractivity contribution in [3.05, 3.63) is 24.3 Å². The highest BCUT2D eigenvalue weighted by Gasteiger charge is 1.85. The number of carboxylic acids is 1. The molecule has 0 unspecified atom stereocenters. The first kappa shape index (κ1) is 22.2. The van der Waals surface area contributed by atoms with Crippen LogP contribution in [0.3, 0.4) is 0 Å². The molecule has 21 heavy (non-hydrogen) atoms. The molecule has 0 atom stereocenters. The molecular weight excluding hydrogens is 264 g/mol. The normalized spacial score (nSPS) is 10.8. The lowest BCUT2D eigenvalue weighted by Gasteiger charge is -1.94. The maximum Gasteiger partial charge on any atom is 0.300 e. The molecule has 0 aromatic heterocycles. The molecule has 0 radical (unpaired) electrons. The van der Waals surface area contributed by atoms with Gasteiger partial charge in [0.05, 0.1) is 0 Å². The number of hydrogen-bond acceptors (Lipinski definition) is 2. The molecule has 2 N–H and O–H groups in total. The van der Waals surface area contributed by atoms with E-state index in [0.717, 1.165) is 19.8 Å². The van der Waals surface area contributed by atoms with Crippen LogP contribution in [0.2, 0.25) is 0 Å². The average molecular weight is 298 g/mol. The molecule has 0 aromatic carbocycles. The molecule has 0 aliphatic carbocycles. The van der Waals surface area contributed by atoms with E-state index < -0.39 is 5.97 Å². The predicted molar refractivity (Wildman–Crippen MR) is 90.5 cm³/mol. The molecule has 0 spiro atoms. The van der Waals surface area contributed by atoms with Crippen LogP contribution in [0.4, 0.5) is 0 Å². The fourth-order valence-corrected chi connectivity index (χ4v) is 1.70. The van der Waals surface area contributed by atoms with Crippen molar-refractivity contribution in [1.82, 2.24) is 0 Å². The topological polar surface area (TPSA) is 57.5 Å². The van der Waals surface area contributed by atoms with Gasteiger partial charge in [0.2, 0.25) is 0 Å². The maximum atomic E-state index is 9.00. The quantitative estimate of drug-likeness (QED) is 0.389. The molecule has 0 aliphatic heterocycles. The fourth-order valence-electron chi connectivity index (χ4n) is 1.70. The minimum absolute atomic E-state index is 0.341. The summed E-state index contributed by atoms with van der Waals surface area (Å²) in [6.07, 6.45) is 21.3. The summed E-state index contributed by atoms with van der Waals surface area (Å²) in [7, 11) is 0. The lowest BCUT2D eigenvalue weighted by molar-refractivity contribution is -0.134. The summed E-state index contributed by atoms with van der Waals surface area (Å²) < 4.78 is 0. The van der Waals surface area contributed by atoms with Gasteiger partial charge in [-0.1, -0.05) is 50.5 Å². The Morgan fingerprint density at radius 3 is 1.67 bits per heavy atom. The number of carbonyl (C=O) groups is 1. The van der Waals surface area contributed by atoms with Crippen molar-refractivity contribution in [3.63, 3.8) is 0 Å². The third-order valence-electron chi connectivity index (χ3n) is 2.83. The number of rotatable bonds is 12. The number of allylic oxidation sites excluding steroid dienone is 4. The highest BCUT2D eigenvalue weighted by atomic mass is 16.4. The zero-order valence-electron chi connectivity index (χ0n) is 13.9. The van der Waals surface area contributed by atoms with Crippen molar-refractivity contribution in [3.8, 4) is 0 Å². The summed E-state index contributed by atoms with van der Waals surface area (Å²) in [6, 6.07) is 0. The molecule has 0 bridgehead atoms. The highest BCUT2D eigenvalue weighted by molar-refractivity contribution is 5.62. The minimum Gasteiger partial charge on any atom is -0.481 e. The van der Waals surface area contributed by atoms with Gasteiger partial charge in [0, 0.05) is 13.5 Å². The zero-order valence-corrected chi connectivity index (χ0v) is 13.9. The Balaban J connectivity index is 0. The van der Waals surface area contributed by atoms with Crippen molar-refractivity contribution in [2.75, 3.05) is 6.61 Å². The second kappa shape index (κ2) is 21.2. The standard InChI is InChI=1S/C16H30O.C2H4O2/c1-2-3-4-5-6-7-8-9-10-11-12-13-14-15-16-17;1-2(3)4/h5-6,10-11,17H,2-4,7-9,12-16H2,1H3;1H3,(H,3,4). The van der Waals surface area contributed by atoms with Crippen LogP contribution in [0.1, 0.15) is 78.1 Å². The molecule has 0 saturated carbocycles. The zero-order chi connectivity index (χ0) is 16.2. The van der Waals surface area contributed by atoms with Gasteiger partial charge in [-0.15, -0.1) is 0 Å². The summed E-state index contributed by atoms with van der Waals surface area (Å²) >= 11 is 0. The third-order valence-corrected chi connectivity index (χ3v) is 2.83. The summed E-state index contributed by atoms with van der Waals surface area (Å²) in [6.45, 7) is 3.66. The predicted octanol–water partition coefficient (Wildman–Crippen LogP) is 5.10. The van der Waals surface area contributed by atoms with Crippen LogP contribution in [0.15, 0.2) is 24.3 Å². The first-order valence-electron chi connectivity index (χ1n) is 8.25. The van der Waals surface area contributed by atoms with Crippen LogP contribution in [0.25, 0.3) is 0 Å². The van der Waals surface area contributed by atoms with Crippen LogP contribution in [-0.2, 0) is 4.79 Å². The minimum atomic E-state index is -0.833. The van der Waals surface area contributed by atoms with Crippen molar-refractivity contribution in [2.24, 2.45) is 0 Å². The van der Waals surface area contributed by atoms with Gasteiger partial charge in [-0.3, -0.25) is 4.79 Å². The number of hydrogen-bond donors (Lipinski definition) is 2. The SMILES string of the molecule is CC(=O)O.CCCCC=CCCCC=CCCCCCO. The average Bonchev–Trinajstić information content (AvgIpc) is 2.43. The molecule has 0 fully saturated rings. The molecule has 3 nitrogen and oxygen atoms in total. The number of aliphatic hydroxyl groups is 1. The van der Waals surface area contributed by atoms with Gasteiger partial charge < -0.3 is 10.2 Å². The van der Waals surface area contributed by atoms with E-state index in [-0.39, 0.29) is 0 Å². The van der Waals surface area contributed by atoms with Gasteiger partial charge >= 0.3 is 0 Å². The highest BCUT2D eigenvalue weighted by Crippen LogP contribution is 2.04. The van der Waals surface area contributed by atoms with E-state index in [4.69, 9.17) is 15.0 Å². The molecule has 0 saturated heterocycles. The largest absolute Gasteiger partial charge is 0.481 e. The monoisotopic (exact) mass is 298 g/mol. The Morgan fingerprint density at radius 1 is 0.810 bits per heavy atom. The second-order valence-corrected chi connectivity index (χ2v) is 5.11. The van der Waals surface area contributed by atoms with E-state index in [0.29, 0.717) is 6.61 Å². The van der Waals surface area contributed by atoms with E-state index >= 15 is 0 Å². The summed E-state index contributed by atoms with van der Waals surface area (Å²) in [5.74, 6) is -0.833. The number of carboxylic acid groups (broad SMARTS) is 1. The summed E-state index contributed by atoms with van der Waals surface area (Å²) in [5, 5.41) is 16.0. The van der Waals surface area contributed by atoms with Crippen LogP contribution in [0.5, 0.6) is 0 Å². The first-order chi connectivity index (χ1) is 10.1. The summed E-state index contributed by atoms with van der Waals surface area (Å²) in [4.78, 5) is 9.00. The van der Waals surface area contributed by atoms with Gasteiger partial charge in [-0.25, -0.2) is 0 Å². The van der Waals surface area contributed by atoms with Crippen LogP contribution < -0.4 is 0 Å². The van der Waals surface area contributed by atoms with Crippen LogP contribution >= 0.6 is 0 Å². The van der Waals surface area contributed by atoms with Crippen molar-refractivity contribution >= 4 is 5.97 Å². The van der Waals surface area contributed by atoms with Crippen LogP contribution in [-0.4, -0.2) is 22.8 Å². The number of unbranched alkanes of at least 4 members (excludes halogenated alkanes) is 7. The molecule has 0 aliphatic rings. The molecule has 3 heteroatoms.